The maximum absolute atomic E-state index is 13.4. The summed E-state index contributed by atoms with van der Waals surface area (Å²) in [5, 5.41) is 2.83. The molecule has 0 spiro atoms. The molecule has 2 N–H and O–H groups in total. The predicted molar refractivity (Wildman–Crippen MR) is 136 cm³/mol. The highest BCUT2D eigenvalue weighted by Crippen LogP contribution is 2.15. The van der Waals surface area contributed by atoms with Crippen molar-refractivity contribution in [2.75, 3.05) is 26.2 Å². The first-order valence-corrected chi connectivity index (χ1v) is 13.0. The van der Waals surface area contributed by atoms with Gasteiger partial charge >= 0.3 is 0 Å². The number of aromatic nitrogens is 2. The van der Waals surface area contributed by atoms with E-state index in [0.717, 1.165) is 38.0 Å². The second-order valence-electron chi connectivity index (χ2n) is 8.09. The summed E-state index contributed by atoms with van der Waals surface area (Å²) >= 11 is 0. The zero-order valence-corrected chi connectivity index (χ0v) is 21.0. The lowest BCUT2D eigenvalue weighted by Gasteiger charge is -2.19. The summed E-state index contributed by atoms with van der Waals surface area (Å²) in [6.45, 7) is 8.35. The summed E-state index contributed by atoms with van der Waals surface area (Å²) < 4.78 is 29.1. The summed E-state index contributed by atoms with van der Waals surface area (Å²) in [4.78, 5) is 23.9. The summed E-state index contributed by atoms with van der Waals surface area (Å²) in [7, 11) is -1.31. The standard InChI is InChI=1S/C26H32FN5O2S/c1-3-13-32(4-2)14-7-12-31-35(34)24-11-5-8-20(15-24)17-30-26(33)22-18-28-25(29-19-22)21-9-6-10-23(27)16-21/h5-6,8-11,15-16,18-19,31H,3-4,7,12-14,17H2,1-2H3,(H,30,33). The fourth-order valence-electron chi connectivity index (χ4n) is 3.57. The van der Waals surface area contributed by atoms with Gasteiger partial charge in [-0.2, -0.15) is 0 Å². The first-order chi connectivity index (χ1) is 17.0. The van der Waals surface area contributed by atoms with Crippen LogP contribution in [0, 0.1) is 5.82 Å². The van der Waals surface area contributed by atoms with Gasteiger partial charge in [0.2, 0.25) is 0 Å². The molecule has 0 radical (unpaired) electrons. The molecular weight excluding hydrogens is 465 g/mol. The van der Waals surface area contributed by atoms with Crippen LogP contribution in [0.25, 0.3) is 11.4 Å². The minimum Gasteiger partial charge on any atom is -0.348 e. The Balaban J connectivity index is 1.49. The van der Waals surface area contributed by atoms with E-state index in [-0.39, 0.29) is 18.3 Å². The zero-order chi connectivity index (χ0) is 25.0. The molecule has 0 saturated carbocycles. The van der Waals surface area contributed by atoms with Crippen molar-refractivity contribution < 1.29 is 13.4 Å². The van der Waals surface area contributed by atoms with Crippen molar-refractivity contribution in [2.45, 2.75) is 38.1 Å². The number of nitrogens with zero attached hydrogens (tertiary/aromatic N) is 3. The number of rotatable bonds is 13. The summed E-state index contributed by atoms with van der Waals surface area (Å²) in [6.07, 6.45) is 4.88. The Morgan fingerprint density at radius 1 is 1.06 bits per heavy atom. The molecule has 1 heterocycles. The molecule has 7 nitrogen and oxygen atoms in total. The molecule has 0 aliphatic heterocycles. The minimum absolute atomic E-state index is 0.276. The van der Waals surface area contributed by atoms with Crippen molar-refractivity contribution in [3.63, 3.8) is 0 Å². The molecule has 1 atom stereocenters. The van der Waals surface area contributed by atoms with Gasteiger partial charge in [-0.15, -0.1) is 0 Å². The van der Waals surface area contributed by atoms with Gasteiger partial charge in [-0.3, -0.25) is 4.79 Å². The van der Waals surface area contributed by atoms with Gasteiger partial charge < -0.3 is 10.2 Å². The lowest BCUT2D eigenvalue weighted by molar-refractivity contribution is 0.0950. The number of nitrogens with one attached hydrogen (secondary N) is 2. The van der Waals surface area contributed by atoms with Crippen LogP contribution in [-0.4, -0.2) is 51.2 Å². The average Bonchev–Trinajstić information content (AvgIpc) is 2.89. The quantitative estimate of drug-likeness (QED) is 0.349. The van der Waals surface area contributed by atoms with E-state index in [4.69, 9.17) is 0 Å². The largest absolute Gasteiger partial charge is 0.348 e. The molecule has 3 aromatic rings. The van der Waals surface area contributed by atoms with E-state index in [0.29, 0.717) is 28.4 Å². The van der Waals surface area contributed by atoms with Crippen molar-refractivity contribution in [2.24, 2.45) is 0 Å². The van der Waals surface area contributed by atoms with E-state index < -0.39 is 11.0 Å². The molecule has 1 amide bonds. The zero-order valence-electron chi connectivity index (χ0n) is 20.2. The smallest absolute Gasteiger partial charge is 0.254 e. The number of hydrogen-bond donors (Lipinski definition) is 2. The van der Waals surface area contributed by atoms with Gasteiger partial charge in [-0.25, -0.2) is 23.3 Å². The normalized spacial score (nSPS) is 12.0. The highest BCUT2D eigenvalue weighted by atomic mass is 32.2. The Kier molecular flexibility index (Phi) is 10.5. The van der Waals surface area contributed by atoms with Crippen LogP contribution in [0.2, 0.25) is 0 Å². The third-order valence-electron chi connectivity index (χ3n) is 5.43. The number of carbonyl (C=O) groups excluding carboxylic acids is 1. The number of benzene rings is 2. The Morgan fingerprint density at radius 2 is 1.83 bits per heavy atom. The predicted octanol–water partition coefficient (Wildman–Crippen LogP) is 3.95. The molecule has 9 heteroatoms. The van der Waals surface area contributed by atoms with Crippen molar-refractivity contribution in [3.8, 4) is 11.4 Å². The topological polar surface area (TPSA) is 87.2 Å². The molecule has 1 aromatic heterocycles. The lowest BCUT2D eigenvalue weighted by atomic mass is 10.2. The summed E-state index contributed by atoms with van der Waals surface area (Å²) in [6, 6.07) is 13.3. The first kappa shape index (κ1) is 26.6. The fourth-order valence-corrected chi connectivity index (χ4v) is 4.53. The minimum atomic E-state index is -1.31. The average molecular weight is 498 g/mol. The van der Waals surface area contributed by atoms with Crippen LogP contribution in [0.5, 0.6) is 0 Å². The number of hydrogen-bond acceptors (Lipinski definition) is 5. The molecule has 0 saturated heterocycles. The maximum atomic E-state index is 13.4. The lowest BCUT2D eigenvalue weighted by Crippen LogP contribution is -2.28. The van der Waals surface area contributed by atoms with E-state index in [1.54, 1.807) is 12.1 Å². The van der Waals surface area contributed by atoms with Crippen LogP contribution in [0.3, 0.4) is 0 Å². The van der Waals surface area contributed by atoms with E-state index in [9.17, 15) is 13.4 Å². The molecule has 1 unspecified atom stereocenters. The maximum Gasteiger partial charge on any atom is 0.254 e. The number of halogens is 1. The van der Waals surface area contributed by atoms with Gasteiger partial charge in [0.1, 0.15) is 16.8 Å². The number of amides is 1. The SMILES string of the molecule is CCCN(CC)CCCNS(=O)c1cccc(CNC(=O)c2cnc(-c3cccc(F)c3)nc2)c1. The van der Waals surface area contributed by atoms with Crippen LogP contribution in [0.15, 0.2) is 65.8 Å². The van der Waals surface area contributed by atoms with Crippen LogP contribution in [0.1, 0.15) is 42.6 Å². The van der Waals surface area contributed by atoms with Gasteiger partial charge in [0, 0.05) is 31.0 Å². The Bertz CT molecular complexity index is 1130. The van der Waals surface area contributed by atoms with E-state index >= 15 is 0 Å². The monoisotopic (exact) mass is 497 g/mol. The molecule has 3 rings (SSSR count). The molecule has 0 fully saturated rings. The van der Waals surface area contributed by atoms with Crippen LogP contribution >= 0.6 is 0 Å². The van der Waals surface area contributed by atoms with Gasteiger partial charge in [0.05, 0.1) is 10.5 Å². The highest BCUT2D eigenvalue weighted by molar-refractivity contribution is 7.83. The highest BCUT2D eigenvalue weighted by Gasteiger charge is 2.10. The van der Waals surface area contributed by atoms with Gasteiger partial charge in [0.25, 0.3) is 5.91 Å². The second-order valence-corrected chi connectivity index (χ2v) is 9.38. The molecule has 186 valence electrons. The molecular formula is C26H32FN5O2S. The Hall–Kier alpha value is -3.01. The number of carbonyl (C=O) groups is 1. The second kappa shape index (κ2) is 13.8. The molecule has 0 aliphatic carbocycles. The summed E-state index contributed by atoms with van der Waals surface area (Å²) in [5.74, 6) is -0.356. The molecule has 0 bridgehead atoms. The van der Waals surface area contributed by atoms with E-state index in [1.807, 2.05) is 24.3 Å². The third-order valence-corrected chi connectivity index (χ3v) is 6.58. The van der Waals surface area contributed by atoms with Gasteiger partial charge in [0.15, 0.2) is 5.82 Å². The van der Waals surface area contributed by atoms with Crippen molar-refractivity contribution >= 4 is 16.9 Å². The van der Waals surface area contributed by atoms with E-state index in [1.165, 1.54) is 24.5 Å². The first-order valence-electron chi connectivity index (χ1n) is 11.8. The third kappa shape index (κ3) is 8.31. The van der Waals surface area contributed by atoms with E-state index in [2.05, 4.69) is 38.8 Å². The fraction of sp³-hybridized carbons (Fsp3) is 0.346. The van der Waals surface area contributed by atoms with Crippen molar-refractivity contribution in [1.82, 2.24) is 24.9 Å². The summed E-state index contributed by atoms with van der Waals surface area (Å²) in [5.41, 5.74) is 1.68. The van der Waals surface area contributed by atoms with Crippen LogP contribution in [0.4, 0.5) is 4.39 Å². The van der Waals surface area contributed by atoms with Crippen LogP contribution < -0.4 is 10.0 Å². The van der Waals surface area contributed by atoms with Crippen molar-refractivity contribution in [3.05, 3.63) is 77.9 Å². The van der Waals surface area contributed by atoms with Crippen LogP contribution in [-0.2, 0) is 17.5 Å². The Morgan fingerprint density at radius 3 is 2.54 bits per heavy atom. The molecule has 35 heavy (non-hydrogen) atoms. The Labute approximate surface area is 208 Å². The van der Waals surface area contributed by atoms with Gasteiger partial charge in [-0.1, -0.05) is 38.1 Å². The molecule has 2 aromatic carbocycles. The van der Waals surface area contributed by atoms with Crippen molar-refractivity contribution in [1.29, 1.82) is 0 Å². The van der Waals surface area contributed by atoms with Gasteiger partial charge in [-0.05, 0) is 62.3 Å². The molecule has 0 aliphatic rings.